The van der Waals surface area contributed by atoms with E-state index in [2.05, 4.69) is 15.6 Å². The fourth-order valence-electron chi connectivity index (χ4n) is 4.53. The van der Waals surface area contributed by atoms with Crippen molar-refractivity contribution in [3.63, 3.8) is 0 Å². The van der Waals surface area contributed by atoms with Crippen LogP contribution in [-0.4, -0.2) is 29.7 Å². The molecule has 1 saturated heterocycles. The van der Waals surface area contributed by atoms with Gasteiger partial charge in [0.2, 0.25) is 5.91 Å². The van der Waals surface area contributed by atoms with Crippen molar-refractivity contribution in [3.8, 4) is 11.3 Å². The Morgan fingerprint density at radius 2 is 2.00 bits per heavy atom. The van der Waals surface area contributed by atoms with Crippen molar-refractivity contribution in [2.45, 2.75) is 19.0 Å². The van der Waals surface area contributed by atoms with Gasteiger partial charge in [-0.1, -0.05) is 35.3 Å². The standard InChI is InChI=1S/C28H24Cl2N4O3S/c1-16-14-17(9-10-20(16)32-24(35)15-36-2)34-27(26(33-28(34)38)21-8-3-4-13-31-21)23-12-11-22(37-23)18-6-5-7-19(29)25(18)30/h3-14,26-27H,15H2,1-2H3,(H,32,35)(H,33,38). The van der Waals surface area contributed by atoms with Crippen LogP contribution in [0, 0.1) is 6.92 Å². The number of nitrogens with one attached hydrogen (secondary N) is 2. The van der Waals surface area contributed by atoms with Crippen LogP contribution in [0.1, 0.15) is 29.1 Å². The largest absolute Gasteiger partial charge is 0.459 e. The minimum absolute atomic E-state index is 0.0212. The Bertz CT molecular complexity index is 1490. The summed E-state index contributed by atoms with van der Waals surface area (Å²) < 4.78 is 11.3. The number of nitrogens with zero attached hydrogens (tertiary/aromatic N) is 2. The number of pyridine rings is 1. The predicted molar refractivity (Wildman–Crippen MR) is 154 cm³/mol. The zero-order valence-corrected chi connectivity index (χ0v) is 22.9. The molecule has 2 atom stereocenters. The first kappa shape index (κ1) is 26.2. The lowest BCUT2D eigenvalue weighted by atomic mass is 10.0. The SMILES string of the molecule is COCC(=O)Nc1ccc(N2C(=S)NC(c3ccccn3)C2c2ccc(-c3cccc(Cl)c3Cl)o2)cc1C. The molecule has 0 bridgehead atoms. The monoisotopic (exact) mass is 566 g/mol. The number of ether oxygens (including phenoxy) is 1. The first-order valence-electron chi connectivity index (χ1n) is 11.8. The molecular weight excluding hydrogens is 543 g/mol. The smallest absolute Gasteiger partial charge is 0.250 e. The molecule has 2 unspecified atom stereocenters. The van der Waals surface area contributed by atoms with Gasteiger partial charge in [-0.2, -0.15) is 0 Å². The van der Waals surface area contributed by atoms with Gasteiger partial charge in [0.15, 0.2) is 5.11 Å². The molecule has 0 saturated carbocycles. The molecular formula is C28H24Cl2N4O3S. The number of aromatic nitrogens is 1. The number of aryl methyl sites for hydroxylation is 1. The second-order valence-electron chi connectivity index (χ2n) is 8.78. The van der Waals surface area contributed by atoms with Crippen LogP contribution in [-0.2, 0) is 9.53 Å². The van der Waals surface area contributed by atoms with Crippen LogP contribution in [0.3, 0.4) is 0 Å². The molecule has 1 amide bonds. The third-order valence-electron chi connectivity index (χ3n) is 6.27. The molecule has 7 nitrogen and oxygen atoms in total. The number of halogens is 2. The first-order chi connectivity index (χ1) is 18.4. The maximum atomic E-state index is 12.0. The van der Waals surface area contributed by atoms with E-state index in [4.69, 9.17) is 44.6 Å². The van der Waals surface area contributed by atoms with Gasteiger partial charge in [-0.15, -0.1) is 0 Å². The van der Waals surface area contributed by atoms with Crippen LogP contribution in [0.4, 0.5) is 11.4 Å². The molecule has 2 aromatic heterocycles. The summed E-state index contributed by atoms with van der Waals surface area (Å²) in [7, 11) is 1.48. The maximum absolute atomic E-state index is 12.0. The lowest BCUT2D eigenvalue weighted by Gasteiger charge is -2.27. The number of carbonyl (C=O) groups is 1. The molecule has 0 aliphatic carbocycles. The van der Waals surface area contributed by atoms with Crippen LogP contribution in [0.15, 0.2) is 77.3 Å². The summed E-state index contributed by atoms with van der Waals surface area (Å²) in [5, 5.41) is 7.69. The van der Waals surface area contributed by atoms with Gasteiger partial charge in [0, 0.05) is 30.2 Å². The number of carbonyl (C=O) groups excluding carboxylic acids is 1. The van der Waals surface area contributed by atoms with E-state index in [1.54, 1.807) is 12.3 Å². The van der Waals surface area contributed by atoms with Crippen LogP contribution >= 0.6 is 35.4 Å². The fourth-order valence-corrected chi connectivity index (χ4v) is 5.27. The van der Waals surface area contributed by atoms with E-state index in [0.29, 0.717) is 37.9 Å². The average Bonchev–Trinajstić information content (AvgIpc) is 3.52. The van der Waals surface area contributed by atoms with Gasteiger partial charge in [-0.25, -0.2) is 0 Å². The quantitative estimate of drug-likeness (QED) is 0.240. The van der Waals surface area contributed by atoms with Crippen molar-refractivity contribution in [2.24, 2.45) is 0 Å². The molecule has 10 heteroatoms. The summed E-state index contributed by atoms with van der Waals surface area (Å²) in [4.78, 5) is 18.6. The number of thiocarbonyl (C=S) groups is 1. The Balaban J connectivity index is 1.55. The van der Waals surface area contributed by atoms with Crippen LogP contribution < -0.4 is 15.5 Å². The minimum atomic E-state index is -0.350. The molecule has 1 aliphatic heterocycles. The third kappa shape index (κ3) is 5.13. The van der Waals surface area contributed by atoms with Gasteiger partial charge >= 0.3 is 0 Å². The highest BCUT2D eigenvalue weighted by Gasteiger charge is 2.42. The number of benzene rings is 2. The Kier molecular flexibility index (Phi) is 7.67. The zero-order chi connectivity index (χ0) is 26.8. The summed E-state index contributed by atoms with van der Waals surface area (Å²) >= 11 is 18.5. The third-order valence-corrected chi connectivity index (χ3v) is 7.40. The number of hydrogen-bond donors (Lipinski definition) is 2. The van der Waals surface area contributed by atoms with Crippen molar-refractivity contribution in [1.29, 1.82) is 0 Å². The van der Waals surface area contributed by atoms with Gasteiger partial charge in [-0.3, -0.25) is 9.78 Å². The number of amides is 1. The number of hydrogen-bond acceptors (Lipinski definition) is 5. The van der Waals surface area contributed by atoms with Gasteiger partial charge in [-0.05, 0) is 79.3 Å². The summed E-state index contributed by atoms with van der Waals surface area (Å²) in [5.41, 5.74) is 3.93. The molecule has 1 aliphatic rings. The van der Waals surface area contributed by atoms with Gasteiger partial charge in [0.25, 0.3) is 0 Å². The molecule has 2 aromatic carbocycles. The second-order valence-corrected chi connectivity index (χ2v) is 9.95. The van der Waals surface area contributed by atoms with E-state index in [9.17, 15) is 4.79 Å². The van der Waals surface area contributed by atoms with E-state index >= 15 is 0 Å². The highest BCUT2D eigenvalue weighted by Crippen LogP contribution is 2.44. The number of anilines is 2. The Hall–Kier alpha value is -3.43. The summed E-state index contributed by atoms with van der Waals surface area (Å²) in [6.45, 7) is 1.91. The predicted octanol–water partition coefficient (Wildman–Crippen LogP) is 6.72. The molecule has 4 aromatic rings. The summed E-state index contributed by atoms with van der Waals surface area (Å²) in [6, 6.07) is 20.1. The zero-order valence-electron chi connectivity index (χ0n) is 20.6. The minimum Gasteiger partial charge on any atom is -0.459 e. The van der Waals surface area contributed by atoms with Crippen molar-refractivity contribution in [1.82, 2.24) is 10.3 Å². The van der Waals surface area contributed by atoms with E-state index in [0.717, 1.165) is 16.9 Å². The van der Waals surface area contributed by atoms with Gasteiger partial charge in [0.1, 0.15) is 24.2 Å². The Morgan fingerprint density at radius 1 is 1.16 bits per heavy atom. The van der Waals surface area contributed by atoms with Crippen molar-refractivity contribution >= 4 is 57.8 Å². The molecule has 5 rings (SSSR count). The van der Waals surface area contributed by atoms with Crippen molar-refractivity contribution in [2.75, 3.05) is 23.9 Å². The van der Waals surface area contributed by atoms with Crippen LogP contribution in [0.5, 0.6) is 0 Å². The summed E-state index contributed by atoms with van der Waals surface area (Å²) in [6.07, 6.45) is 1.75. The van der Waals surface area contributed by atoms with Crippen LogP contribution in [0.2, 0.25) is 10.0 Å². The molecule has 0 radical (unpaired) electrons. The molecule has 38 heavy (non-hydrogen) atoms. The van der Waals surface area contributed by atoms with Gasteiger partial charge < -0.3 is 24.7 Å². The molecule has 0 spiro atoms. The molecule has 194 valence electrons. The topological polar surface area (TPSA) is 79.6 Å². The first-order valence-corrected chi connectivity index (χ1v) is 13.0. The van der Waals surface area contributed by atoms with Crippen LogP contribution in [0.25, 0.3) is 11.3 Å². The van der Waals surface area contributed by atoms with Crippen molar-refractivity contribution in [3.05, 3.63) is 100.0 Å². The maximum Gasteiger partial charge on any atom is 0.250 e. The lowest BCUT2D eigenvalue weighted by molar-refractivity contribution is -0.119. The Labute approximate surface area is 235 Å². The normalized spacial score (nSPS) is 16.9. The molecule has 2 N–H and O–H groups in total. The molecule has 3 heterocycles. The number of rotatable bonds is 7. The average molecular weight is 567 g/mol. The van der Waals surface area contributed by atoms with Crippen molar-refractivity contribution < 1.29 is 13.9 Å². The van der Waals surface area contributed by atoms with Gasteiger partial charge in [0.05, 0.1) is 21.8 Å². The lowest BCUT2D eigenvalue weighted by Crippen LogP contribution is -2.29. The van der Waals surface area contributed by atoms with E-state index in [1.807, 2.05) is 72.5 Å². The highest BCUT2D eigenvalue weighted by molar-refractivity contribution is 7.80. The molecule has 1 fully saturated rings. The van der Waals surface area contributed by atoms with E-state index in [-0.39, 0.29) is 24.6 Å². The number of methoxy groups -OCH3 is 1. The highest BCUT2D eigenvalue weighted by atomic mass is 35.5. The van der Waals surface area contributed by atoms with E-state index in [1.165, 1.54) is 7.11 Å². The Morgan fingerprint density at radius 3 is 2.74 bits per heavy atom. The summed E-state index contributed by atoms with van der Waals surface area (Å²) in [5.74, 6) is 1.05. The second kappa shape index (κ2) is 11.1. The fraction of sp³-hybridized carbons (Fsp3) is 0.179. The van der Waals surface area contributed by atoms with E-state index < -0.39 is 0 Å². The number of furan rings is 1.